The highest BCUT2D eigenvalue weighted by Gasteiger charge is 2.35. The van der Waals surface area contributed by atoms with Crippen molar-refractivity contribution in [3.8, 4) is 0 Å². The first-order valence-electron chi connectivity index (χ1n) is 4.90. The number of alkyl halides is 1. The molecular formula is C12H14BrN. The molecule has 1 nitrogen and oxygen atoms in total. The molecule has 1 aliphatic heterocycles. The molecule has 0 spiro atoms. The Hall–Kier alpha value is -0.630. The molecule has 1 atom stereocenters. The zero-order chi connectivity index (χ0) is 10.2. The molecule has 74 valence electrons. The van der Waals surface area contributed by atoms with Gasteiger partial charge in [0.15, 0.2) is 0 Å². The molecule has 14 heavy (non-hydrogen) atoms. The van der Waals surface area contributed by atoms with Crippen LogP contribution in [0, 0.1) is 0 Å². The molecule has 1 aliphatic rings. The van der Waals surface area contributed by atoms with Gasteiger partial charge >= 0.3 is 0 Å². The lowest BCUT2D eigenvalue weighted by Gasteiger charge is -2.25. The molecule has 0 N–H and O–H groups in total. The molecule has 1 aromatic carbocycles. The molecule has 2 rings (SSSR count). The normalized spacial score (nSPS) is 24.6. The van der Waals surface area contributed by atoms with Crippen molar-refractivity contribution >= 4 is 27.3 Å². The second kappa shape index (κ2) is 3.50. The maximum Gasteiger partial charge on any atom is 0.0670 e. The van der Waals surface area contributed by atoms with Crippen LogP contribution in [0.3, 0.4) is 0 Å². The number of halogens is 1. The molecule has 0 amide bonds. The minimum Gasteiger partial charge on any atom is -0.257 e. The third-order valence-corrected chi connectivity index (χ3v) is 3.58. The summed E-state index contributed by atoms with van der Waals surface area (Å²) < 4.78 is 0. The fourth-order valence-electron chi connectivity index (χ4n) is 2.04. The standard InChI is InChI=1S/C12H14BrN/c1-9-12(2,7-8-13)10-5-3-4-6-11(10)14-9/h3-6H,7-8H2,1-2H3. The van der Waals surface area contributed by atoms with Crippen LogP contribution in [0.15, 0.2) is 29.3 Å². The van der Waals surface area contributed by atoms with E-state index in [-0.39, 0.29) is 5.41 Å². The predicted molar refractivity (Wildman–Crippen MR) is 65.0 cm³/mol. The van der Waals surface area contributed by atoms with Gasteiger partial charge in [0.25, 0.3) is 0 Å². The van der Waals surface area contributed by atoms with E-state index in [0.717, 1.165) is 17.4 Å². The zero-order valence-electron chi connectivity index (χ0n) is 8.55. The number of benzene rings is 1. The fourth-order valence-corrected chi connectivity index (χ4v) is 2.83. The third kappa shape index (κ3) is 1.33. The average molecular weight is 252 g/mol. The summed E-state index contributed by atoms with van der Waals surface area (Å²) in [5, 5.41) is 1.02. The van der Waals surface area contributed by atoms with Crippen LogP contribution in [-0.4, -0.2) is 11.0 Å². The van der Waals surface area contributed by atoms with Gasteiger partial charge in [-0.3, -0.25) is 4.99 Å². The smallest absolute Gasteiger partial charge is 0.0670 e. The zero-order valence-corrected chi connectivity index (χ0v) is 10.1. The van der Waals surface area contributed by atoms with Crippen molar-refractivity contribution in [2.45, 2.75) is 25.7 Å². The highest BCUT2D eigenvalue weighted by Crippen LogP contribution is 2.42. The first kappa shape index (κ1) is 9.91. The van der Waals surface area contributed by atoms with E-state index in [9.17, 15) is 0 Å². The maximum absolute atomic E-state index is 4.62. The molecule has 0 aliphatic carbocycles. The first-order chi connectivity index (χ1) is 6.68. The van der Waals surface area contributed by atoms with Crippen LogP contribution in [0.5, 0.6) is 0 Å². The van der Waals surface area contributed by atoms with Crippen LogP contribution in [0.25, 0.3) is 0 Å². The third-order valence-electron chi connectivity index (χ3n) is 3.18. The van der Waals surface area contributed by atoms with Crippen molar-refractivity contribution in [2.24, 2.45) is 4.99 Å². The lowest BCUT2D eigenvalue weighted by atomic mass is 9.78. The Morgan fingerprint density at radius 3 is 2.79 bits per heavy atom. The topological polar surface area (TPSA) is 12.4 Å². The Balaban J connectivity index is 2.50. The second-order valence-electron chi connectivity index (χ2n) is 3.99. The number of aliphatic imine (C=N–C) groups is 1. The summed E-state index contributed by atoms with van der Waals surface area (Å²) in [5.74, 6) is 0. The Bertz CT molecular complexity index is 384. The average Bonchev–Trinajstić information content (AvgIpc) is 2.41. The Morgan fingerprint density at radius 2 is 2.07 bits per heavy atom. The van der Waals surface area contributed by atoms with E-state index in [1.807, 2.05) is 0 Å². The van der Waals surface area contributed by atoms with Gasteiger partial charge < -0.3 is 0 Å². The molecule has 0 saturated heterocycles. The van der Waals surface area contributed by atoms with Gasteiger partial charge in [-0.25, -0.2) is 0 Å². The highest BCUT2D eigenvalue weighted by atomic mass is 79.9. The van der Waals surface area contributed by atoms with E-state index >= 15 is 0 Å². The molecule has 0 saturated carbocycles. The predicted octanol–water partition coefficient (Wildman–Crippen LogP) is 3.84. The molecule has 2 heteroatoms. The number of rotatable bonds is 2. The van der Waals surface area contributed by atoms with Crippen molar-refractivity contribution in [1.82, 2.24) is 0 Å². The van der Waals surface area contributed by atoms with Crippen molar-refractivity contribution in [3.63, 3.8) is 0 Å². The number of para-hydroxylation sites is 1. The molecule has 1 heterocycles. The molecule has 0 bridgehead atoms. The van der Waals surface area contributed by atoms with Crippen LogP contribution in [0.4, 0.5) is 5.69 Å². The quantitative estimate of drug-likeness (QED) is 0.709. The van der Waals surface area contributed by atoms with E-state index in [1.54, 1.807) is 0 Å². The van der Waals surface area contributed by atoms with Gasteiger partial charge in [-0.05, 0) is 25.0 Å². The van der Waals surface area contributed by atoms with E-state index < -0.39 is 0 Å². The summed E-state index contributed by atoms with van der Waals surface area (Å²) in [6.07, 6.45) is 1.11. The maximum atomic E-state index is 4.62. The first-order valence-corrected chi connectivity index (χ1v) is 6.02. The number of hydrogen-bond donors (Lipinski definition) is 0. The summed E-state index contributed by atoms with van der Waals surface area (Å²) in [6.45, 7) is 4.40. The largest absolute Gasteiger partial charge is 0.257 e. The Labute approximate surface area is 93.4 Å². The lowest BCUT2D eigenvalue weighted by molar-refractivity contribution is 0.632. The highest BCUT2D eigenvalue weighted by molar-refractivity contribution is 9.09. The SMILES string of the molecule is CC1=Nc2ccccc2C1(C)CCBr. The van der Waals surface area contributed by atoms with Gasteiger partial charge in [0.1, 0.15) is 0 Å². The van der Waals surface area contributed by atoms with Gasteiger partial charge in [0.2, 0.25) is 0 Å². The minimum absolute atomic E-state index is 0.139. The van der Waals surface area contributed by atoms with Gasteiger partial charge in [-0.15, -0.1) is 0 Å². The lowest BCUT2D eigenvalue weighted by Crippen LogP contribution is -2.27. The van der Waals surface area contributed by atoms with Crippen LogP contribution < -0.4 is 0 Å². The van der Waals surface area contributed by atoms with Gasteiger partial charge in [0, 0.05) is 16.5 Å². The summed E-state index contributed by atoms with van der Waals surface area (Å²) in [4.78, 5) is 4.62. The van der Waals surface area contributed by atoms with E-state index in [0.29, 0.717) is 0 Å². The Kier molecular flexibility index (Phi) is 2.48. The monoisotopic (exact) mass is 251 g/mol. The van der Waals surface area contributed by atoms with E-state index in [2.05, 4.69) is 59.0 Å². The summed E-state index contributed by atoms with van der Waals surface area (Å²) in [6, 6.07) is 8.44. The van der Waals surface area contributed by atoms with Crippen molar-refractivity contribution in [2.75, 3.05) is 5.33 Å². The van der Waals surface area contributed by atoms with Gasteiger partial charge in [-0.1, -0.05) is 41.1 Å². The number of fused-ring (bicyclic) bond motifs is 1. The Morgan fingerprint density at radius 1 is 1.36 bits per heavy atom. The van der Waals surface area contributed by atoms with Gasteiger partial charge in [0.05, 0.1) is 5.69 Å². The van der Waals surface area contributed by atoms with Crippen molar-refractivity contribution in [1.29, 1.82) is 0 Å². The summed E-state index contributed by atoms with van der Waals surface area (Å²) in [7, 11) is 0. The summed E-state index contributed by atoms with van der Waals surface area (Å²) in [5.41, 5.74) is 3.89. The molecule has 0 fully saturated rings. The number of hydrogen-bond acceptors (Lipinski definition) is 1. The van der Waals surface area contributed by atoms with Crippen molar-refractivity contribution < 1.29 is 0 Å². The molecule has 0 radical (unpaired) electrons. The van der Waals surface area contributed by atoms with Crippen LogP contribution in [0.1, 0.15) is 25.8 Å². The second-order valence-corrected chi connectivity index (χ2v) is 4.78. The van der Waals surface area contributed by atoms with E-state index in [4.69, 9.17) is 0 Å². The van der Waals surface area contributed by atoms with Crippen molar-refractivity contribution in [3.05, 3.63) is 29.8 Å². The van der Waals surface area contributed by atoms with Gasteiger partial charge in [-0.2, -0.15) is 0 Å². The number of nitrogens with zero attached hydrogens (tertiary/aromatic N) is 1. The van der Waals surface area contributed by atoms with Crippen LogP contribution in [-0.2, 0) is 5.41 Å². The summed E-state index contributed by atoms with van der Waals surface area (Å²) >= 11 is 3.52. The van der Waals surface area contributed by atoms with Crippen LogP contribution >= 0.6 is 15.9 Å². The minimum atomic E-state index is 0.139. The molecule has 1 unspecified atom stereocenters. The van der Waals surface area contributed by atoms with E-state index in [1.165, 1.54) is 11.3 Å². The van der Waals surface area contributed by atoms with Crippen LogP contribution in [0.2, 0.25) is 0 Å². The molecule has 1 aromatic rings. The molecular weight excluding hydrogens is 238 g/mol. The fraction of sp³-hybridized carbons (Fsp3) is 0.417. The molecule has 0 aromatic heterocycles.